The van der Waals surface area contributed by atoms with Crippen LogP contribution in [-0.2, 0) is 18.4 Å². The first-order valence-electron chi connectivity index (χ1n) is 7.53. The Kier molecular flexibility index (Phi) is 6.15. The van der Waals surface area contributed by atoms with E-state index in [0.29, 0.717) is 0 Å². The second kappa shape index (κ2) is 7.09. The molecule has 142 valence electrons. The van der Waals surface area contributed by atoms with Crippen LogP contribution in [-0.4, -0.2) is 23.3 Å². The first-order valence-corrected chi connectivity index (χ1v) is 9.07. The average molecular weight is 381 g/mol. The van der Waals surface area contributed by atoms with Gasteiger partial charge < -0.3 is 5.32 Å². The molecule has 1 N–H and O–H groups in total. The molecule has 0 spiro atoms. The van der Waals surface area contributed by atoms with Crippen molar-refractivity contribution in [2.75, 3.05) is 5.32 Å². The third kappa shape index (κ3) is 6.80. The normalized spacial score (nSPS) is 13.6. The summed E-state index contributed by atoms with van der Waals surface area (Å²) in [6.45, 7) is 9.85. The molecular weight excluding hydrogens is 358 g/mol. The zero-order valence-electron chi connectivity index (χ0n) is 15.0. The Morgan fingerprint density at radius 2 is 1.40 bits per heavy atom. The summed E-state index contributed by atoms with van der Waals surface area (Å²) in [7, 11) is -4.04. The van der Waals surface area contributed by atoms with E-state index in [4.69, 9.17) is 9.05 Å². The molecule has 0 aliphatic rings. The molecule has 5 nitrogen and oxygen atoms in total. The summed E-state index contributed by atoms with van der Waals surface area (Å²) in [4.78, 5) is 11.3. The second-order valence-electron chi connectivity index (χ2n) is 7.37. The number of carbonyl (C=O) groups is 1. The average Bonchev–Trinajstić information content (AvgIpc) is 2.33. The molecule has 25 heavy (non-hydrogen) atoms. The lowest BCUT2D eigenvalue weighted by Gasteiger charge is -2.33. The van der Waals surface area contributed by atoms with Crippen LogP contribution >= 0.6 is 7.60 Å². The van der Waals surface area contributed by atoms with Crippen molar-refractivity contribution >= 4 is 24.5 Å². The van der Waals surface area contributed by atoms with E-state index in [1.807, 2.05) is 0 Å². The predicted molar refractivity (Wildman–Crippen MR) is 90.0 cm³/mol. The monoisotopic (exact) mass is 381 g/mol. The van der Waals surface area contributed by atoms with E-state index in [0.717, 1.165) is 0 Å². The summed E-state index contributed by atoms with van der Waals surface area (Å²) < 4.78 is 62.3. The molecule has 0 aliphatic carbocycles. The molecule has 9 heteroatoms. The maximum atomic E-state index is 13.4. The Bertz CT molecular complexity index is 655. The molecule has 0 bridgehead atoms. The van der Waals surface area contributed by atoms with Crippen molar-refractivity contribution in [2.45, 2.75) is 58.9 Å². The standard InChI is InChI=1S/C16H23F3NO4P/c1-14(2,3)23-25(22,24-15(4,5)6)12-10-8-7-9-11(12)20-13(21)16(17,18)19/h7-10H,1-6H3,(H,20,21). The Labute approximate surface area is 145 Å². The summed E-state index contributed by atoms with van der Waals surface area (Å²) in [5.74, 6) is -2.17. The smallest absolute Gasteiger partial charge is 0.317 e. The van der Waals surface area contributed by atoms with Gasteiger partial charge in [0.05, 0.1) is 22.2 Å². The van der Waals surface area contributed by atoms with Gasteiger partial charge in [0.15, 0.2) is 0 Å². The van der Waals surface area contributed by atoms with E-state index in [1.54, 1.807) is 46.9 Å². The maximum Gasteiger partial charge on any atom is 0.471 e. The molecule has 0 atom stereocenters. The van der Waals surface area contributed by atoms with Gasteiger partial charge in [-0.3, -0.25) is 18.4 Å². The number of carbonyl (C=O) groups excluding carboxylic acids is 1. The van der Waals surface area contributed by atoms with Gasteiger partial charge in [0, 0.05) is 0 Å². The van der Waals surface area contributed by atoms with Crippen LogP contribution in [0.5, 0.6) is 0 Å². The Morgan fingerprint density at radius 1 is 0.960 bits per heavy atom. The number of alkyl halides is 3. The van der Waals surface area contributed by atoms with Gasteiger partial charge in [-0.05, 0) is 53.7 Å². The molecule has 0 heterocycles. The van der Waals surface area contributed by atoms with Crippen LogP contribution in [0.4, 0.5) is 18.9 Å². The van der Waals surface area contributed by atoms with Gasteiger partial charge in [-0.2, -0.15) is 13.2 Å². The highest BCUT2D eigenvalue weighted by Gasteiger charge is 2.42. The van der Waals surface area contributed by atoms with Crippen LogP contribution in [0.1, 0.15) is 41.5 Å². The quantitative estimate of drug-likeness (QED) is 0.772. The minimum Gasteiger partial charge on any atom is -0.317 e. The van der Waals surface area contributed by atoms with Crippen LogP contribution in [0.2, 0.25) is 0 Å². The fourth-order valence-electron chi connectivity index (χ4n) is 1.85. The van der Waals surface area contributed by atoms with Gasteiger partial charge in [-0.25, -0.2) is 0 Å². The lowest BCUT2D eigenvalue weighted by Crippen LogP contribution is -2.33. The molecule has 0 radical (unpaired) electrons. The largest absolute Gasteiger partial charge is 0.471 e. The molecule has 1 amide bonds. The van der Waals surface area contributed by atoms with Gasteiger partial charge in [-0.15, -0.1) is 0 Å². The van der Waals surface area contributed by atoms with Crippen LogP contribution in [0.25, 0.3) is 0 Å². The van der Waals surface area contributed by atoms with Gasteiger partial charge in [-0.1, -0.05) is 12.1 Å². The Balaban J connectivity index is 3.41. The molecule has 0 fully saturated rings. The molecule has 0 saturated heterocycles. The molecular formula is C16H23F3NO4P. The fourth-order valence-corrected chi connectivity index (χ4v) is 4.22. The van der Waals surface area contributed by atoms with Crippen molar-refractivity contribution in [1.29, 1.82) is 0 Å². The van der Waals surface area contributed by atoms with Gasteiger partial charge in [0.1, 0.15) is 0 Å². The summed E-state index contributed by atoms with van der Waals surface area (Å²) in [5, 5.41) is 1.59. The minimum absolute atomic E-state index is 0.141. The highest BCUT2D eigenvalue weighted by Crippen LogP contribution is 2.54. The Hall–Kier alpha value is -1.37. The predicted octanol–water partition coefficient (Wildman–Crippen LogP) is 4.64. The molecule has 1 aromatic rings. The lowest BCUT2D eigenvalue weighted by molar-refractivity contribution is -0.167. The number of hydrogen-bond donors (Lipinski definition) is 1. The third-order valence-electron chi connectivity index (χ3n) is 2.49. The van der Waals surface area contributed by atoms with Gasteiger partial charge >= 0.3 is 19.7 Å². The van der Waals surface area contributed by atoms with Crippen molar-refractivity contribution in [2.24, 2.45) is 0 Å². The van der Waals surface area contributed by atoms with E-state index in [9.17, 15) is 22.5 Å². The minimum atomic E-state index is -5.08. The number of hydrogen-bond acceptors (Lipinski definition) is 4. The van der Waals surface area contributed by atoms with Crippen molar-refractivity contribution in [3.8, 4) is 0 Å². The molecule has 0 aromatic heterocycles. The van der Waals surface area contributed by atoms with E-state index in [-0.39, 0.29) is 11.0 Å². The summed E-state index contributed by atoms with van der Waals surface area (Å²) in [6, 6.07) is 5.41. The zero-order valence-corrected chi connectivity index (χ0v) is 15.9. The van der Waals surface area contributed by atoms with Crippen LogP contribution in [0.3, 0.4) is 0 Å². The molecule has 1 rings (SSSR count). The molecule has 0 aliphatic heterocycles. The summed E-state index contributed by atoms with van der Waals surface area (Å²) >= 11 is 0. The van der Waals surface area contributed by atoms with Crippen molar-refractivity contribution in [1.82, 2.24) is 0 Å². The summed E-state index contributed by atoms with van der Waals surface area (Å²) in [5.41, 5.74) is -2.08. The van der Waals surface area contributed by atoms with Crippen LogP contribution in [0, 0.1) is 0 Å². The first kappa shape index (κ1) is 21.7. The van der Waals surface area contributed by atoms with E-state index < -0.39 is 30.9 Å². The van der Waals surface area contributed by atoms with E-state index in [1.165, 1.54) is 24.3 Å². The molecule has 0 saturated carbocycles. The molecule has 1 aromatic carbocycles. The SMILES string of the molecule is CC(C)(C)OP(=O)(OC(C)(C)C)c1ccccc1NC(=O)C(F)(F)F. The zero-order chi connectivity index (χ0) is 19.7. The lowest BCUT2D eigenvalue weighted by atomic mass is 10.2. The van der Waals surface area contributed by atoms with Gasteiger partial charge in [0.2, 0.25) is 0 Å². The topological polar surface area (TPSA) is 64.6 Å². The van der Waals surface area contributed by atoms with E-state index >= 15 is 0 Å². The first-order chi connectivity index (χ1) is 11.0. The maximum absolute atomic E-state index is 13.4. The van der Waals surface area contributed by atoms with E-state index in [2.05, 4.69) is 0 Å². The number of amides is 1. The highest BCUT2D eigenvalue weighted by atomic mass is 31.2. The number of halogens is 3. The van der Waals surface area contributed by atoms with Crippen molar-refractivity contribution in [3.63, 3.8) is 0 Å². The number of para-hydroxylation sites is 1. The van der Waals surface area contributed by atoms with Crippen LogP contribution < -0.4 is 10.6 Å². The molecule has 0 unspecified atom stereocenters. The number of benzene rings is 1. The summed E-state index contributed by atoms with van der Waals surface area (Å²) in [6.07, 6.45) is -5.08. The number of nitrogens with one attached hydrogen (secondary N) is 1. The third-order valence-corrected chi connectivity index (χ3v) is 5.05. The highest BCUT2D eigenvalue weighted by molar-refractivity contribution is 7.62. The van der Waals surface area contributed by atoms with Crippen molar-refractivity contribution in [3.05, 3.63) is 24.3 Å². The number of rotatable bonds is 4. The van der Waals surface area contributed by atoms with Crippen LogP contribution in [0.15, 0.2) is 24.3 Å². The second-order valence-corrected chi connectivity index (χ2v) is 9.22. The Morgan fingerprint density at radius 3 is 1.80 bits per heavy atom. The van der Waals surface area contributed by atoms with Crippen molar-refractivity contribution < 1.29 is 31.6 Å². The number of anilines is 1. The fraction of sp³-hybridized carbons (Fsp3) is 0.562. The van der Waals surface area contributed by atoms with Gasteiger partial charge in [0.25, 0.3) is 0 Å².